The molecule has 0 aliphatic carbocycles. The summed E-state index contributed by atoms with van der Waals surface area (Å²) < 4.78 is 26.7. The number of imidazole rings is 1. The molecule has 3 aromatic rings. The van der Waals surface area contributed by atoms with E-state index in [0.717, 1.165) is 12.3 Å². The number of H-pyrrole nitrogens is 2. The molecule has 9 heteroatoms. The monoisotopic (exact) mass is 324 g/mol. The van der Waals surface area contributed by atoms with Crippen LogP contribution < -0.4 is 10.3 Å². The second kappa shape index (κ2) is 4.90. The second-order valence-corrected chi connectivity index (χ2v) is 6.31. The van der Waals surface area contributed by atoms with Crippen molar-refractivity contribution in [3.63, 3.8) is 0 Å². The zero-order valence-corrected chi connectivity index (χ0v) is 12.0. The number of hydrogen-bond acceptors (Lipinski definition) is 4. The largest absolute Gasteiger partial charge is 0.326 e. The van der Waals surface area contributed by atoms with E-state index >= 15 is 0 Å². The molecule has 0 amide bonds. The number of fused-ring (bicyclic) bond motifs is 1. The van der Waals surface area contributed by atoms with E-state index in [4.69, 9.17) is 11.6 Å². The maximum atomic E-state index is 12.2. The lowest BCUT2D eigenvalue weighted by Gasteiger charge is -2.04. The van der Waals surface area contributed by atoms with E-state index in [-0.39, 0.29) is 15.9 Å². The molecule has 2 heterocycles. The van der Waals surface area contributed by atoms with Gasteiger partial charge >= 0.3 is 0 Å². The highest BCUT2D eigenvalue weighted by Gasteiger charge is 2.17. The molecule has 21 heavy (non-hydrogen) atoms. The molecule has 0 saturated carbocycles. The summed E-state index contributed by atoms with van der Waals surface area (Å²) in [6.07, 6.45) is 1.07. The highest BCUT2D eigenvalue weighted by Crippen LogP contribution is 2.17. The van der Waals surface area contributed by atoms with Gasteiger partial charge in [0.1, 0.15) is 9.92 Å². The van der Waals surface area contributed by atoms with Gasteiger partial charge in [-0.25, -0.2) is 18.1 Å². The van der Waals surface area contributed by atoms with Gasteiger partial charge in [-0.3, -0.25) is 4.79 Å². The van der Waals surface area contributed by atoms with Gasteiger partial charge in [0.15, 0.2) is 0 Å². The Hall–Kier alpha value is -2.32. The van der Waals surface area contributed by atoms with Gasteiger partial charge < -0.3 is 9.97 Å². The van der Waals surface area contributed by atoms with Crippen LogP contribution >= 0.6 is 11.6 Å². The molecule has 2 aromatic heterocycles. The van der Waals surface area contributed by atoms with Crippen LogP contribution in [-0.2, 0) is 10.0 Å². The molecule has 3 N–H and O–H groups in total. The summed E-state index contributed by atoms with van der Waals surface area (Å²) in [5.74, 6) is 0.0820. The number of anilines is 1. The van der Waals surface area contributed by atoms with Crippen LogP contribution in [0.25, 0.3) is 11.0 Å². The van der Waals surface area contributed by atoms with Crippen molar-refractivity contribution < 1.29 is 8.42 Å². The minimum absolute atomic E-state index is 0.0820. The standard InChI is InChI=1S/C12H9ClN4O3S/c13-8-5-7(6-14-11(8)18)21(19,20)17-12-15-9-3-1-2-4-10(9)16-12/h1-6H,(H,14,18)(H2,15,16,17). The van der Waals surface area contributed by atoms with Crippen molar-refractivity contribution >= 4 is 38.6 Å². The van der Waals surface area contributed by atoms with Crippen molar-refractivity contribution in [2.45, 2.75) is 4.90 Å². The molecule has 1 aromatic carbocycles. The van der Waals surface area contributed by atoms with E-state index < -0.39 is 15.6 Å². The van der Waals surface area contributed by atoms with Gasteiger partial charge in [0, 0.05) is 6.20 Å². The fourth-order valence-electron chi connectivity index (χ4n) is 1.78. The van der Waals surface area contributed by atoms with E-state index in [2.05, 4.69) is 19.7 Å². The second-order valence-electron chi connectivity index (χ2n) is 4.22. The molecule has 7 nitrogen and oxygen atoms in total. The summed E-state index contributed by atoms with van der Waals surface area (Å²) in [5, 5.41) is -0.206. The predicted octanol–water partition coefficient (Wildman–Crippen LogP) is 1.71. The van der Waals surface area contributed by atoms with Crippen LogP contribution in [0.5, 0.6) is 0 Å². The third-order valence-corrected chi connectivity index (χ3v) is 4.36. The summed E-state index contributed by atoms with van der Waals surface area (Å²) >= 11 is 5.63. The Labute approximate surface area is 124 Å². The fourth-order valence-corrected chi connectivity index (χ4v) is 2.97. The fraction of sp³-hybridized carbons (Fsp3) is 0. The number of sulfonamides is 1. The van der Waals surface area contributed by atoms with Crippen molar-refractivity contribution in [1.29, 1.82) is 0 Å². The van der Waals surface area contributed by atoms with Crippen molar-refractivity contribution in [1.82, 2.24) is 15.0 Å². The predicted molar refractivity (Wildman–Crippen MR) is 79.0 cm³/mol. The van der Waals surface area contributed by atoms with Gasteiger partial charge in [0.05, 0.1) is 11.0 Å². The van der Waals surface area contributed by atoms with Gasteiger partial charge in [-0.05, 0) is 18.2 Å². The van der Waals surface area contributed by atoms with Crippen molar-refractivity contribution in [3.8, 4) is 0 Å². The van der Waals surface area contributed by atoms with E-state index in [0.29, 0.717) is 11.0 Å². The van der Waals surface area contributed by atoms with Gasteiger partial charge in [0.2, 0.25) is 5.95 Å². The zero-order valence-electron chi connectivity index (χ0n) is 10.4. The number of nitrogens with zero attached hydrogens (tertiary/aromatic N) is 1. The van der Waals surface area contributed by atoms with E-state index in [1.807, 2.05) is 0 Å². The molecule has 0 bridgehead atoms. The molecule has 108 valence electrons. The topological polar surface area (TPSA) is 108 Å². The lowest BCUT2D eigenvalue weighted by molar-refractivity contribution is 0.600. The van der Waals surface area contributed by atoms with Gasteiger partial charge in [-0.15, -0.1) is 0 Å². The number of aromatic nitrogens is 3. The molecule has 3 rings (SSSR count). The van der Waals surface area contributed by atoms with Crippen LogP contribution in [-0.4, -0.2) is 23.4 Å². The maximum absolute atomic E-state index is 12.2. The quantitative estimate of drug-likeness (QED) is 0.681. The molecule has 0 aliphatic rings. The highest BCUT2D eigenvalue weighted by molar-refractivity contribution is 7.92. The summed E-state index contributed by atoms with van der Waals surface area (Å²) in [5.41, 5.74) is 0.781. The first-order valence-corrected chi connectivity index (χ1v) is 7.68. The number of rotatable bonds is 3. The summed E-state index contributed by atoms with van der Waals surface area (Å²) in [7, 11) is -3.90. The zero-order chi connectivity index (χ0) is 15.0. The minimum atomic E-state index is -3.90. The normalized spacial score (nSPS) is 11.7. The Balaban J connectivity index is 1.98. The number of aromatic amines is 2. The Kier molecular flexibility index (Phi) is 3.19. The van der Waals surface area contributed by atoms with Gasteiger partial charge in [-0.2, -0.15) is 0 Å². The number of hydrogen-bond donors (Lipinski definition) is 3. The number of nitrogens with one attached hydrogen (secondary N) is 3. The summed E-state index contributed by atoms with van der Waals surface area (Å²) in [4.78, 5) is 20.2. The van der Waals surface area contributed by atoms with Gasteiger partial charge in [0.25, 0.3) is 15.6 Å². The Morgan fingerprint density at radius 2 is 2.00 bits per heavy atom. The molecule has 0 fully saturated rings. The third kappa shape index (κ3) is 2.63. The number of para-hydroxylation sites is 2. The highest BCUT2D eigenvalue weighted by atomic mass is 35.5. The average molecular weight is 325 g/mol. The molecule has 0 saturated heterocycles. The number of pyridine rings is 1. The van der Waals surface area contributed by atoms with Crippen LogP contribution in [0.15, 0.2) is 46.2 Å². The first-order chi connectivity index (χ1) is 9.95. The van der Waals surface area contributed by atoms with E-state index in [1.165, 1.54) is 0 Å². The smallest absolute Gasteiger partial charge is 0.266 e. The van der Waals surface area contributed by atoms with E-state index in [9.17, 15) is 13.2 Å². The lowest BCUT2D eigenvalue weighted by atomic mass is 10.3. The first-order valence-electron chi connectivity index (χ1n) is 5.81. The molecule has 0 spiro atoms. The molecule has 0 aliphatic heterocycles. The molecular weight excluding hydrogens is 316 g/mol. The van der Waals surface area contributed by atoms with Crippen LogP contribution in [0, 0.1) is 0 Å². The van der Waals surface area contributed by atoms with E-state index in [1.54, 1.807) is 24.3 Å². The van der Waals surface area contributed by atoms with Gasteiger partial charge in [-0.1, -0.05) is 23.7 Å². The van der Waals surface area contributed by atoms with Crippen molar-refractivity contribution in [2.24, 2.45) is 0 Å². The molecule has 0 atom stereocenters. The molecule has 0 radical (unpaired) electrons. The third-order valence-electron chi connectivity index (χ3n) is 2.76. The molecular formula is C12H9ClN4O3S. The Morgan fingerprint density at radius 1 is 1.24 bits per heavy atom. The number of benzene rings is 1. The minimum Gasteiger partial charge on any atom is -0.326 e. The summed E-state index contributed by atoms with van der Waals surface area (Å²) in [6, 6.07) is 8.20. The lowest BCUT2D eigenvalue weighted by Crippen LogP contribution is -2.16. The Morgan fingerprint density at radius 3 is 2.71 bits per heavy atom. The molecule has 0 unspecified atom stereocenters. The first kappa shape index (κ1) is 13.7. The van der Waals surface area contributed by atoms with Crippen LogP contribution in [0.4, 0.5) is 5.95 Å². The summed E-state index contributed by atoms with van der Waals surface area (Å²) in [6.45, 7) is 0. The average Bonchev–Trinajstić information content (AvgIpc) is 2.82. The SMILES string of the molecule is O=c1[nH]cc(S(=O)(=O)Nc2nc3ccccc3[nH]2)cc1Cl. The van der Waals surface area contributed by atoms with Crippen LogP contribution in [0.2, 0.25) is 5.02 Å². The van der Waals surface area contributed by atoms with Crippen molar-refractivity contribution in [3.05, 3.63) is 51.9 Å². The number of halogens is 1. The van der Waals surface area contributed by atoms with Crippen LogP contribution in [0.1, 0.15) is 0 Å². The van der Waals surface area contributed by atoms with Crippen molar-refractivity contribution in [2.75, 3.05) is 4.72 Å². The maximum Gasteiger partial charge on any atom is 0.266 e. The Bertz CT molecular complexity index is 944. The van der Waals surface area contributed by atoms with Crippen LogP contribution in [0.3, 0.4) is 0 Å².